The molecule has 4 nitrogen and oxygen atoms in total. The quantitative estimate of drug-likeness (QED) is 0.852. The summed E-state index contributed by atoms with van der Waals surface area (Å²) in [5.41, 5.74) is 0.728. The Labute approximate surface area is 120 Å². The van der Waals surface area contributed by atoms with Crippen LogP contribution in [-0.2, 0) is 10.4 Å². The molecule has 2 heterocycles. The van der Waals surface area contributed by atoms with Gasteiger partial charge in [0.1, 0.15) is 0 Å². The molecule has 3 rings (SSSR count). The molecule has 0 radical (unpaired) electrons. The second-order valence-electron chi connectivity index (χ2n) is 4.98. The highest BCUT2D eigenvalue weighted by atomic mass is 32.1. The van der Waals surface area contributed by atoms with Gasteiger partial charge in [-0.3, -0.25) is 9.59 Å². The lowest BCUT2D eigenvalue weighted by Crippen LogP contribution is -2.36. The van der Waals surface area contributed by atoms with Gasteiger partial charge in [-0.05, 0) is 24.4 Å². The van der Waals surface area contributed by atoms with E-state index in [2.05, 4.69) is 5.32 Å². The zero-order chi connectivity index (χ0) is 14.3. The van der Waals surface area contributed by atoms with Crippen molar-refractivity contribution in [3.8, 4) is 0 Å². The summed E-state index contributed by atoms with van der Waals surface area (Å²) >= 11 is 1.41. The number of hydrogen-bond acceptors (Lipinski definition) is 4. The zero-order valence-electron chi connectivity index (χ0n) is 10.8. The van der Waals surface area contributed by atoms with Crippen LogP contribution >= 0.6 is 11.3 Å². The standard InChI is InChI=1S/C15H13NO3S/c1-9-2-3-12-11(6-9)15(19,14(18)16-12)7-13(17)10-4-5-20-8-10/h2-6,8,19H,7H2,1H3,(H,16,18)/t15-/m1/s1. The fourth-order valence-electron chi connectivity index (χ4n) is 2.39. The van der Waals surface area contributed by atoms with E-state index in [1.807, 2.05) is 13.0 Å². The molecule has 0 unspecified atom stereocenters. The first-order valence-electron chi connectivity index (χ1n) is 6.21. The topological polar surface area (TPSA) is 66.4 Å². The van der Waals surface area contributed by atoms with Crippen LogP contribution < -0.4 is 5.32 Å². The highest BCUT2D eigenvalue weighted by Gasteiger charge is 2.46. The zero-order valence-corrected chi connectivity index (χ0v) is 11.7. The summed E-state index contributed by atoms with van der Waals surface area (Å²) < 4.78 is 0. The number of carbonyl (C=O) groups is 2. The molecule has 102 valence electrons. The van der Waals surface area contributed by atoms with E-state index in [1.165, 1.54) is 11.3 Å². The number of Topliss-reactive ketones (excluding diaryl/α,β-unsaturated/α-hetero) is 1. The second-order valence-corrected chi connectivity index (χ2v) is 5.76. The van der Waals surface area contributed by atoms with Crippen molar-refractivity contribution in [2.24, 2.45) is 0 Å². The van der Waals surface area contributed by atoms with Crippen LogP contribution in [-0.4, -0.2) is 16.8 Å². The van der Waals surface area contributed by atoms with Crippen LogP contribution in [0.5, 0.6) is 0 Å². The Morgan fingerprint density at radius 1 is 1.40 bits per heavy atom. The van der Waals surface area contributed by atoms with Gasteiger partial charge in [-0.1, -0.05) is 17.7 Å². The molecule has 1 aromatic heterocycles. The summed E-state index contributed by atoms with van der Waals surface area (Å²) in [5.74, 6) is -0.778. The SMILES string of the molecule is Cc1ccc2c(c1)[C@](O)(CC(=O)c1ccsc1)C(=O)N2. The molecule has 1 aromatic carbocycles. The Morgan fingerprint density at radius 3 is 2.90 bits per heavy atom. The molecule has 1 amide bonds. The van der Waals surface area contributed by atoms with Crippen molar-refractivity contribution >= 4 is 28.7 Å². The summed E-state index contributed by atoms with van der Waals surface area (Å²) in [4.78, 5) is 24.2. The molecule has 1 atom stereocenters. The fourth-order valence-corrected chi connectivity index (χ4v) is 3.05. The Hall–Kier alpha value is -1.98. The van der Waals surface area contributed by atoms with Crippen LogP contribution in [0, 0.1) is 6.92 Å². The van der Waals surface area contributed by atoms with E-state index < -0.39 is 11.5 Å². The van der Waals surface area contributed by atoms with Crippen LogP contribution in [0.25, 0.3) is 0 Å². The van der Waals surface area contributed by atoms with Gasteiger partial charge < -0.3 is 10.4 Å². The molecule has 1 aliphatic heterocycles. The molecule has 2 N–H and O–H groups in total. The van der Waals surface area contributed by atoms with Crippen LogP contribution in [0.4, 0.5) is 5.69 Å². The third-order valence-electron chi connectivity index (χ3n) is 3.50. The number of aliphatic hydroxyl groups is 1. The van der Waals surface area contributed by atoms with Gasteiger partial charge in [0.25, 0.3) is 5.91 Å². The molecule has 0 aliphatic carbocycles. The number of amides is 1. The number of rotatable bonds is 3. The summed E-state index contributed by atoms with van der Waals surface area (Å²) in [6, 6.07) is 7.04. The number of carbonyl (C=O) groups excluding carboxylic acids is 2. The predicted molar refractivity (Wildman–Crippen MR) is 77.0 cm³/mol. The first kappa shape index (κ1) is 13.0. The van der Waals surface area contributed by atoms with Gasteiger partial charge in [-0.25, -0.2) is 0 Å². The predicted octanol–water partition coefficient (Wildman–Crippen LogP) is 2.47. The highest BCUT2D eigenvalue weighted by molar-refractivity contribution is 7.08. The third kappa shape index (κ3) is 1.95. The van der Waals surface area contributed by atoms with Crippen LogP contribution in [0.15, 0.2) is 35.0 Å². The van der Waals surface area contributed by atoms with Gasteiger partial charge in [0, 0.05) is 22.2 Å². The summed E-state index contributed by atoms with van der Waals surface area (Å²) in [7, 11) is 0. The molecule has 1 aliphatic rings. The molecule has 0 fully saturated rings. The molecule has 0 bridgehead atoms. The third-order valence-corrected chi connectivity index (χ3v) is 4.19. The van der Waals surface area contributed by atoms with Crippen molar-refractivity contribution in [3.63, 3.8) is 0 Å². The van der Waals surface area contributed by atoms with Gasteiger partial charge in [0.15, 0.2) is 11.4 Å². The van der Waals surface area contributed by atoms with Crippen LogP contribution in [0.3, 0.4) is 0 Å². The molecular formula is C15H13NO3S. The van der Waals surface area contributed by atoms with E-state index >= 15 is 0 Å². The summed E-state index contributed by atoms with van der Waals surface area (Å²) in [5, 5.41) is 16.8. The van der Waals surface area contributed by atoms with Crippen molar-refractivity contribution in [1.82, 2.24) is 0 Å². The first-order valence-corrected chi connectivity index (χ1v) is 7.15. The van der Waals surface area contributed by atoms with Gasteiger partial charge in [-0.15, -0.1) is 0 Å². The van der Waals surface area contributed by atoms with Crippen LogP contribution in [0.1, 0.15) is 27.9 Å². The van der Waals surface area contributed by atoms with Crippen molar-refractivity contribution < 1.29 is 14.7 Å². The maximum Gasteiger partial charge on any atom is 0.261 e. The molecule has 0 spiro atoms. The van der Waals surface area contributed by atoms with Crippen molar-refractivity contribution in [1.29, 1.82) is 0 Å². The van der Waals surface area contributed by atoms with Gasteiger partial charge >= 0.3 is 0 Å². The largest absolute Gasteiger partial charge is 0.375 e. The molecule has 0 saturated heterocycles. The fraction of sp³-hybridized carbons (Fsp3) is 0.200. The average molecular weight is 287 g/mol. The Kier molecular flexibility index (Phi) is 2.96. The summed E-state index contributed by atoms with van der Waals surface area (Å²) in [6.45, 7) is 1.88. The van der Waals surface area contributed by atoms with Crippen LogP contribution in [0.2, 0.25) is 0 Å². The first-order chi connectivity index (χ1) is 9.50. The summed E-state index contributed by atoms with van der Waals surface area (Å²) in [6.07, 6.45) is -0.244. The minimum atomic E-state index is -1.78. The number of hydrogen-bond donors (Lipinski definition) is 2. The lowest BCUT2D eigenvalue weighted by Gasteiger charge is -2.20. The number of aryl methyl sites for hydroxylation is 1. The molecule has 0 saturated carbocycles. The van der Waals surface area contributed by atoms with E-state index in [4.69, 9.17) is 0 Å². The molecule has 20 heavy (non-hydrogen) atoms. The maximum atomic E-state index is 12.2. The smallest absolute Gasteiger partial charge is 0.261 e. The average Bonchev–Trinajstić information content (AvgIpc) is 3.00. The van der Waals surface area contributed by atoms with E-state index in [9.17, 15) is 14.7 Å². The minimum absolute atomic E-state index is 0.238. The number of anilines is 1. The molecule has 2 aromatic rings. The molecular weight excluding hydrogens is 274 g/mol. The lowest BCUT2D eigenvalue weighted by molar-refractivity contribution is -0.133. The van der Waals surface area contributed by atoms with Crippen molar-refractivity contribution in [2.75, 3.05) is 5.32 Å². The minimum Gasteiger partial charge on any atom is -0.375 e. The number of fused-ring (bicyclic) bond motifs is 1. The van der Waals surface area contributed by atoms with Gasteiger partial charge in [-0.2, -0.15) is 11.3 Å². The Bertz CT molecular complexity index is 693. The van der Waals surface area contributed by atoms with E-state index in [1.54, 1.807) is 29.0 Å². The maximum absolute atomic E-state index is 12.2. The Balaban J connectivity index is 1.98. The van der Waals surface area contributed by atoms with E-state index in [-0.39, 0.29) is 12.2 Å². The van der Waals surface area contributed by atoms with Gasteiger partial charge in [0.2, 0.25) is 0 Å². The molecule has 5 heteroatoms. The highest BCUT2D eigenvalue weighted by Crippen LogP contribution is 2.39. The normalized spacial score (nSPS) is 20.6. The number of nitrogens with one attached hydrogen (secondary N) is 1. The van der Waals surface area contributed by atoms with Gasteiger partial charge in [0.05, 0.1) is 6.42 Å². The van der Waals surface area contributed by atoms with E-state index in [0.717, 1.165) is 5.56 Å². The number of ketones is 1. The van der Waals surface area contributed by atoms with Crippen molar-refractivity contribution in [3.05, 3.63) is 51.7 Å². The van der Waals surface area contributed by atoms with E-state index in [0.29, 0.717) is 16.8 Å². The second kappa shape index (κ2) is 4.54. The van der Waals surface area contributed by atoms with Crippen molar-refractivity contribution in [2.45, 2.75) is 18.9 Å². The number of benzene rings is 1. The lowest BCUT2D eigenvalue weighted by atomic mass is 9.88. The number of thiophene rings is 1. The monoisotopic (exact) mass is 287 g/mol. The Morgan fingerprint density at radius 2 is 2.20 bits per heavy atom.